The van der Waals surface area contributed by atoms with Gasteiger partial charge in [0.1, 0.15) is 11.5 Å². The van der Waals surface area contributed by atoms with Crippen molar-refractivity contribution in [3.8, 4) is 5.69 Å². The number of rotatable bonds is 5. The van der Waals surface area contributed by atoms with Gasteiger partial charge in [-0.15, -0.1) is 5.10 Å². The molecule has 0 bridgehead atoms. The number of para-hydroxylation sites is 1. The number of aromatic nitrogens is 3. The van der Waals surface area contributed by atoms with Crippen molar-refractivity contribution in [2.75, 3.05) is 26.2 Å². The van der Waals surface area contributed by atoms with Crippen molar-refractivity contribution in [1.82, 2.24) is 24.6 Å². The van der Waals surface area contributed by atoms with Crippen LogP contribution in [-0.4, -0.2) is 62.6 Å². The summed E-state index contributed by atoms with van der Waals surface area (Å²) in [5.74, 6) is 1.24. The highest BCUT2D eigenvalue weighted by Crippen LogP contribution is 2.29. The Hall–Kier alpha value is -2.12. The number of carbonyl (C=O) groups excluding carboxylic acids is 2. The Morgan fingerprint density at radius 3 is 2.26 bits per heavy atom. The third-order valence-electron chi connectivity index (χ3n) is 6.19. The van der Waals surface area contributed by atoms with Crippen LogP contribution in [0.3, 0.4) is 0 Å². The van der Waals surface area contributed by atoms with E-state index < -0.39 is 0 Å². The van der Waals surface area contributed by atoms with Crippen LogP contribution in [-0.2, 0) is 11.2 Å². The number of benzene rings is 1. The summed E-state index contributed by atoms with van der Waals surface area (Å²) in [4.78, 5) is 33.7. The zero-order valence-electron chi connectivity index (χ0n) is 17.7. The van der Waals surface area contributed by atoms with Crippen LogP contribution in [0.15, 0.2) is 18.2 Å². The van der Waals surface area contributed by atoms with Crippen molar-refractivity contribution in [2.45, 2.75) is 45.4 Å². The number of piperazine rings is 1. The molecule has 0 atom stereocenters. The van der Waals surface area contributed by atoms with Gasteiger partial charge in [-0.3, -0.25) is 9.59 Å². The lowest BCUT2D eigenvalue weighted by Crippen LogP contribution is -2.51. The molecule has 0 N–H and O–H groups in total. The summed E-state index contributed by atoms with van der Waals surface area (Å²) in [5.41, 5.74) is 0.525. The molecule has 166 valence electrons. The van der Waals surface area contributed by atoms with Crippen LogP contribution in [0.5, 0.6) is 0 Å². The maximum absolute atomic E-state index is 13.1. The molecule has 1 aromatic carbocycles. The van der Waals surface area contributed by atoms with Gasteiger partial charge in [0.2, 0.25) is 11.7 Å². The molecule has 0 radical (unpaired) electrons. The molecule has 2 aliphatic rings. The lowest BCUT2D eigenvalue weighted by atomic mass is 10.0. The minimum absolute atomic E-state index is 0.124. The molecule has 1 saturated carbocycles. The molecule has 0 unspecified atom stereocenters. The summed E-state index contributed by atoms with van der Waals surface area (Å²) in [7, 11) is 0. The molecule has 0 spiro atoms. The molecule has 1 saturated heterocycles. The van der Waals surface area contributed by atoms with E-state index >= 15 is 0 Å². The second-order valence-electron chi connectivity index (χ2n) is 8.21. The van der Waals surface area contributed by atoms with Gasteiger partial charge < -0.3 is 9.80 Å². The minimum atomic E-state index is -0.237. The largest absolute Gasteiger partial charge is 0.339 e. The zero-order valence-corrected chi connectivity index (χ0v) is 19.2. The molecule has 2 amide bonds. The lowest BCUT2D eigenvalue weighted by Gasteiger charge is -2.34. The molecule has 2 aromatic rings. The highest BCUT2D eigenvalue weighted by atomic mass is 35.5. The Bertz CT molecular complexity index is 943. The fraction of sp³-hybridized carbons (Fsp3) is 0.545. The topological polar surface area (TPSA) is 71.3 Å². The fourth-order valence-electron chi connectivity index (χ4n) is 4.43. The third-order valence-corrected chi connectivity index (χ3v) is 6.80. The zero-order chi connectivity index (χ0) is 22.0. The predicted octanol–water partition coefficient (Wildman–Crippen LogP) is 4.00. The van der Waals surface area contributed by atoms with E-state index in [9.17, 15) is 9.59 Å². The van der Waals surface area contributed by atoms with Crippen LogP contribution in [0.4, 0.5) is 0 Å². The fourth-order valence-corrected chi connectivity index (χ4v) is 4.98. The van der Waals surface area contributed by atoms with Crippen molar-refractivity contribution in [3.05, 3.63) is 39.9 Å². The molecule has 9 heteroatoms. The summed E-state index contributed by atoms with van der Waals surface area (Å²) in [6.07, 6.45) is 6.00. The highest BCUT2D eigenvalue weighted by Gasteiger charge is 2.29. The van der Waals surface area contributed by atoms with Crippen molar-refractivity contribution in [2.24, 2.45) is 5.92 Å². The molecular weight excluding hydrogens is 437 g/mol. The smallest absolute Gasteiger partial charge is 0.293 e. The summed E-state index contributed by atoms with van der Waals surface area (Å²) in [6.45, 7) is 4.01. The van der Waals surface area contributed by atoms with Crippen LogP contribution < -0.4 is 0 Å². The van der Waals surface area contributed by atoms with Crippen LogP contribution in [0.2, 0.25) is 10.0 Å². The monoisotopic (exact) mass is 463 g/mol. The standard InChI is InChI=1S/C22H27Cl2N5O2/c1-2-18-25-21(26-29(18)20-16(23)8-5-9-17(20)24)22(31)28-12-10-27(11-13-28)19(30)14-15-6-3-4-7-15/h5,8-9,15H,2-4,6-7,10-14H2,1H3. The van der Waals surface area contributed by atoms with Crippen molar-refractivity contribution >= 4 is 35.0 Å². The Kier molecular flexibility index (Phi) is 6.82. The van der Waals surface area contributed by atoms with Gasteiger partial charge in [0.05, 0.1) is 10.0 Å². The molecule has 7 nitrogen and oxygen atoms in total. The summed E-state index contributed by atoms with van der Waals surface area (Å²) < 4.78 is 1.55. The Morgan fingerprint density at radius 2 is 1.65 bits per heavy atom. The van der Waals surface area contributed by atoms with Crippen molar-refractivity contribution in [1.29, 1.82) is 0 Å². The molecule has 1 aliphatic carbocycles. The summed E-state index contributed by atoms with van der Waals surface area (Å²) in [5, 5.41) is 5.33. The van der Waals surface area contributed by atoms with E-state index in [-0.39, 0.29) is 17.6 Å². The molecular formula is C22H27Cl2N5O2. The van der Waals surface area contributed by atoms with Crippen molar-refractivity contribution in [3.63, 3.8) is 0 Å². The molecule has 1 aromatic heterocycles. The first-order chi connectivity index (χ1) is 15.0. The summed E-state index contributed by atoms with van der Waals surface area (Å²) >= 11 is 12.7. The number of aryl methyl sites for hydroxylation is 1. The van der Waals surface area contributed by atoms with Crippen LogP contribution in [0.1, 0.15) is 55.5 Å². The molecule has 4 rings (SSSR count). The van der Waals surface area contributed by atoms with Crippen LogP contribution in [0.25, 0.3) is 5.69 Å². The number of halogens is 2. The van der Waals surface area contributed by atoms with Crippen LogP contribution in [0, 0.1) is 5.92 Å². The molecule has 2 fully saturated rings. The first kappa shape index (κ1) is 22.1. The van der Waals surface area contributed by atoms with E-state index in [1.807, 2.05) is 11.8 Å². The van der Waals surface area contributed by atoms with Crippen molar-refractivity contribution < 1.29 is 9.59 Å². The Morgan fingerprint density at radius 1 is 1.03 bits per heavy atom. The number of nitrogens with zero attached hydrogens (tertiary/aromatic N) is 5. The maximum atomic E-state index is 13.1. The molecule has 31 heavy (non-hydrogen) atoms. The second kappa shape index (κ2) is 9.57. The van der Waals surface area contributed by atoms with E-state index in [1.54, 1.807) is 27.8 Å². The van der Waals surface area contributed by atoms with E-state index in [1.165, 1.54) is 12.8 Å². The van der Waals surface area contributed by atoms with Gasteiger partial charge in [-0.2, -0.15) is 0 Å². The first-order valence-corrected chi connectivity index (χ1v) is 11.7. The SMILES string of the molecule is CCc1nc(C(=O)N2CCN(C(=O)CC3CCCC3)CC2)nn1-c1c(Cl)cccc1Cl. The van der Waals surface area contributed by atoms with Gasteiger partial charge in [-0.25, -0.2) is 9.67 Å². The van der Waals surface area contributed by atoms with E-state index in [0.717, 1.165) is 12.8 Å². The third kappa shape index (κ3) is 4.72. The average Bonchev–Trinajstić information content (AvgIpc) is 3.43. The average molecular weight is 464 g/mol. The van der Waals surface area contributed by atoms with Gasteiger partial charge in [0.25, 0.3) is 5.91 Å². The van der Waals surface area contributed by atoms with Gasteiger partial charge in [0, 0.05) is 39.0 Å². The van der Waals surface area contributed by atoms with Gasteiger partial charge in [-0.05, 0) is 30.9 Å². The molecule has 1 aliphatic heterocycles. The second-order valence-corrected chi connectivity index (χ2v) is 9.03. The van der Waals surface area contributed by atoms with E-state index in [0.29, 0.717) is 66.5 Å². The van der Waals surface area contributed by atoms with Crippen LogP contribution >= 0.6 is 23.2 Å². The highest BCUT2D eigenvalue weighted by molar-refractivity contribution is 6.37. The molecule has 2 heterocycles. The number of amides is 2. The Balaban J connectivity index is 1.43. The lowest BCUT2D eigenvalue weighted by molar-refractivity contribution is -0.133. The van der Waals surface area contributed by atoms with E-state index in [4.69, 9.17) is 23.2 Å². The number of carbonyl (C=O) groups is 2. The predicted molar refractivity (Wildman–Crippen MR) is 120 cm³/mol. The van der Waals surface area contributed by atoms with Gasteiger partial charge >= 0.3 is 0 Å². The Labute approximate surface area is 192 Å². The first-order valence-electron chi connectivity index (χ1n) is 10.9. The quantitative estimate of drug-likeness (QED) is 0.671. The maximum Gasteiger partial charge on any atom is 0.293 e. The van der Waals surface area contributed by atoms with E-state index in [2.05, 4.69) is 10.1 Å². The number of hydrogen-bond acceptors (Lipinski definition) is 4. The summed E-state index contributed by atoms with van der Waals surface area (Å²) in [6, 6.07) is 5.22. The normalized spacial score (nSPS) is 17.4. The van der Waals surface area contributed by atoms with Gasteiger partial charge in [-0.1, -0.05) is 49.0 Å². The minimum Gasteiger partial charge on any atom is -0.339 e. The van der Waals surface area contributed by atoms with Gasteiger partial charge in [0.15, 0.2) is 0 Å². The number of hydrogen-bond donors (Lipinski definition) is 0.